The van der Waals surface area contributed by atoms with Crippen molar-refractivity contribution in [3.8, 4) is 0 Å². The zero-order valence-electron chi connectivity index (χ0n) is 10.0. The lowest BCUT2D eigenvalue weighted by molar-refractivity contribution is 0.287. The highest BCUT2D eigenvalue weighted by atomic mass is 32.3. The monoisotopic (exact) mass is 202 g/mol. The minimum Gasteiger partial charge on any atom is -0.246 e. The summed E-state index contributed by atoms with van der Waals surface area (Å²) in [5.74, 6) is 3.86. The molecule has 1 fully saturated rings. The fourth-order valence-corrected chi connectivity index (χ4v) is 5.03. The van der Waals surface area contributed by atoms with E-state index in [9.17, 15) is 0 Å². The number of rotatable bonds is 3. The Balaban J connectivity index is 2.61. The van der Waals surface area contributed by atoms with Gasteiger partial charge in [-0.15, -0.1) is 0 Å². The molecular weight excluding hydrogens is 176 g/mol. The molecule has 0 heterocycles. The number of hydrogen-bond acceptors (Lipinski definition) is 0. The Bertz CT molecular complexity index is 174. The van der Waals surface area contributed by atoms with Gasteiger partial charge in [-0.2, -0.15) is 0 Å². The van der Waals surface area contributed by atoms with Crippen molar-refractivity contribution in [2.75, 3.05) is 24.0 Å². The van der Waals surface area contributed by atoms with E-state index < -0.39 is 0 Å². The van der Waals surface area contributed by atoms with Crippen molar-refractivity contribution in [2.24, 2.45) is 11.3 Å². The van der Waals surface area contributed by atoms with E-state index >= 15 is 0 Å². The van der Waals surface area contributed by atoms with Gasteiger partial charge >= 0.3 is 0 Å². The molecule has 1 aliphatic rings. The fraction of sp³-hybridized carbons (Fsp3) is 1.00. The second kappa shape index (κ2) is 3.84. The topological polar surface area (TPSA) is 0 Å². The second-order valence-electron chi connectivity index (χ2n) is 5.65. The van der Waals surface area contributed by atoms with Gasteiger partial charge in [-0.1, -0.05) is 33.6 Å². The van der Waals surface area contributed by atoms with Crippen molar-refractivity contribution in [3.63, 3.8) is 0 Å². The van der Waals surface area contributed by atoms with Gasteiger partial charge in [0.1, 0.15) is 0 Å². The number of hydrogen-bond donors (Lipinski definition) is 0. The predicted molar refractivity (Wildman–Crippen MR) is 66.0 cm³/mol. The van der Waals surface area contributed by atoms with Crippen LogP contribution in [0.1, 0.15) is 40.0 Å². The highest BCUT2D eigenvalue weighted by Gasteiger charge is 2.37. The molecule has 0 saturated heterocycles. The Morgan fingerprint density at radius 3 is 2.38 bits per heavy atom. The van der Waals surface area contributed by atoms with Gasteiger partial charge in [0, 0.05) is 0 Å². The molecule has 0 amide bonds. The van der Waals surface area contributed by atoms with Gasteiger partial charge in [0.2, 0.25) is 0 Å². The van der Waals surface area contributed by atoms with Crippen molar-refractivity contribution in [1.82, 2.24) is 0 Å². The largest absolute Gasteiger partial charge is 0.246 e. The van der Waals surface area contributed by atoms with E-state index in [-0.39, 0.29) is 10.0 Å². The minimum atomic E-state index is -0.294. The summed E-state index contributed by atoms with van der Waals surface area (Å²) in [6.07, 6.45) is 9.42. The average molecular weight is 202 g/mol. The molecule has 0 bridgehead atoms. The van der Waals surface area contributed by atoms with Crippen LogP contribution in [0.5, 0.6) is 0 Å². The Labute approximate surface area is 85.8 Å². The molecule has 0 aromatic carbocycles. The van der Waals surface area contributed by atoms with E-state index in [0.29, 0.717) is 5.41 Å². The zero-order valence-corrected chi connectivity index (χ0v) is 10.8. The smallest absolute Gasteiger partial charge is 0.0176 e. The first kappa shape index (κ1) is 11.4. The van der Waals surface area contributed by atoms with Crippen molar-refractivity contribution in [3.05, 3.63) is 0 Å². The molecule has 2 unspecified atom stereocenters. The van der Waals surface area contributed by atoms with E-state index in [1.54, 1.807) is 0 Å². The summed E-state index contributed by atoms with van der Waals surface area (Å²) in [6.45, 7) is 7.34. The van der Waals surface area contributed by atoms with Crippen LogP contribution in [0.3, 0.4) is 0 Å². The molecule has 1 heteroatoms. The SMILES string of the molecule is CCS(C)(C)CC1(C)CCCC1C. The molecule has 80 valence electrons. The molecule has 0 spiro atoms. The first-order valence-electron chi connectivity index (χ1n) is 5.58. The summed E-state index contributed by atoms with van der Waals surface area (Å²) in [7, 11) is -0.294. The van der Waals surface area contributed by atoms with Crippen LogP contribution in [-0.2, 0) is 0 Å². The summed E-state index contributed by atoms with van der Waals surface area (Å²) >= 11 is 0. The molecule has 2 atom stereocenters. The minimum absolute atomic E-state index is 0.294. The Morgan fingerprint density at radius 2 is 2.00 bits per heavy atom. The molecule has 0 aromatic rings. The first-order chi connectivity index (χ1) is 5.90. The maximum atomic E-state index is 2.52. The molecule has 0 aromatic heterocycles. The van der Waals surface area contributed by atoms with E-state index in [1.165, 1.54) is 30.8 Å². The molecule has 1 saturated carbocycles. The van der Waals surface area contributed by atoms with Crippen LogP contribution in [0, 0.1) is 11.3 Å². The summed E-state index contributed by atoms with van der Waals surface area (Å²) in [4.78, 5) is 0. The van der Waals surface area contributed by atoms with Crippen molar-refractivity contribution in [2.45, 2.75) is 40.0 Å². The highest BCUT2D eigenvalue weighted by Crippen LogP contribution is 2.53. The molecule has 13 heavy (non-hydrogen) atoms. The quantitative estimate of drug-likeness (QED) is 0.651. The van der Waals surface area contributed by atoms with Crippen molar-refractivity contribution < 1.29 is 0 Å². The van der Waals surface area contributed by atoms with Crippen LogP contribution in [0.2, 0.25) is 0 Å². The van der Waals surface area contributed by atoms with Crippen LogP contribution in [-0.4, -0.2) is 24.0 Å². The summed E-state index contributed by atoms with van der Waals surface area (Å²) in [5.41, 5.74) is 0.675. The van der Waals surface area contributed by atoms with Gasteiger partial charge in [-0.25, -0.2) is 10.0 Å². The van der Waals surface area contributed by atoms with Gasteiger partial charge in [0.15, 0.2) is 0 Å². The van der Waals surface area contributed by atoms with Crippen LogP contribution in [0.4, 0.5) is 0 Å². The maximum absolute atomic E-state index is 2.52. The van der Waals surface area contributed by atoms with Crippen LogP contribution >= 0.6 is 10.0 Å². The first-order valence-corrected chi connectivity index (χ1v) is 8.37. The molecule has 0 radical (unpaired) electrons. The Morgan fingerprint density at radius 1 is 1.38 bits per heavy atom. The summed E-state index contributed by atoms with van der Waals surface area (Å²) < 4.78 is 0. The van der Waals surface area contributed by atoms with Gasteiger partial charge < -0.3 is 0 Å². The fourth-order valence-electron chi connectivity index (χ4n) is 2.62. The average Bonchev–Trinajstić information content (AvgIpc) is 2.31. The Hall–Kier alpha value is 0.350. The zero-order chi connectivity index (χ0) is 10.1. The van der Waals surface area contributed by atoms with Gasteiger partial charge in [-0.3, -0.25) is 0 Å². The van der Waals surface area contributed by atoms with E-state index in [1.807, 2.05) is 0 Å². The third-order valence-corrected chi connectivity index (χ3v) is 7.08. The van der Waals surface area contributed by atoms with Gasteiger partial charge in [-0.05, 0) is 41.8 Å². The highest BCUT2D eigenvalue weighted by molar-refractivity contribution is 8.32. The maximum Gasteiger partial charge on any atom is -0.0176 e. The molecule has 1 rings (SSSR count). The van der Waals surface area contributed by atoms with Crippen LogP contribution in [0.15, 0.2) is 0 Å². The molecule has 0 aliphatic heterocycles. The predicted octanol–water partition coefficient (Wildman–Crippen LogP) is 3.90. The van der Waals surface area contributed by atoms with Gasteiger partial charge in [0.05, 0.1) is 0 Å². The van der Waals surface area contributed by atoms with E-state index in [0.717, 1.165) is 5.92 Å². The van der Waals surface area contributed by atoms with E-state index in [2.05, 4.69) is 33.3 Å². The lowest BCUT2D eigenvalue weighted by atomic mass is 9.83. The summed E-state index contributed by atoms with van der Waals surface area (Å²) in [5, 5.41) is 0. The molecule has 0 nitrogen and oxygen atoms in total. The van der Waals surface area contributed by atoms with Crippen LogP contribution < -0.4 is 0 Å². The second-order valence-corrected chi connectivity index (χ2v) is 10.0. The standard InChI is InChI=1S/C12H26S/c1-6-13(4,5)10-12(3)9-7-8-11(12)2/h11H,6-10H2,1-5H3. The molecule has 1 aliphatic carbocycles. The van der Waals surface area contributed by atoms with Gasteiger partial charge in [0.25, 0.3) is 0 Å². The lowest BCUT2D eigenvalue weighted by Gasteiger charge is -2.41. The molecule has 0 N–H and O–H groups in total. The molecular formula is C12H26S. The van der Waals surface area contributed by atoms with Crippen molar-refractivity contribution in [1.29, 1.82) is 0 Å². The third kappa shape index (κ3) is 2.65. The third-order valence-electron chi connectivity index (χ3n) is 4.08. The normalized spacial score (nSPS) is 36.5. The van der Waals surface area contributed by atoms with E-state index in [4.69, 9.17) is 0 Å². The van der Waals surface area contributed by atoms with Crippen LogP contribution in [0.25, 0.3) is 0 Å². The Kier molecular flexibility index (Phi) is 3.38. The van der Waals surface area contributed by atoms with Crippen molar-refractivity contribution >= 4 is 10.0 Å². The lowest BCUT2D eigenvalue weighted by Crippen LogP contribution is -2.27. The summed E-state index contributed by atoms with van der Waals surface area (Å²) in [6, 6.07) is 0.